The first kappa shape index (κ1) is 14.0. The van der Waals surface area contributed by atoms with Crippen LogP contribution in [0.3, 0.4) is 0 Å². The molecular formula is C15H22N2O2. The van der Waals surface area contributed by atoms with E-state index in [2.05, 4.69) is 17.4 Å². The second kappa shape index (κ2) is 7.26. The lowest BCUT2D eigenvalue weighted by molar-refractivity contribution is -0.143. The Morgan fingerprint density at radius 1 is 1.32 bits per heavy atom. The van der Waals surface area contributed by atoms with Crippen LogP contribution in [-0.4, -0.2) is 49.7 Å². The highest BCUT2D eigenvalue weighted by molar-refractivity contribution is 5.80. The molecule has 1 saturated heterocycles. The highest BCUT2D eigenvalue weighted by atomic mass is 16.5. The van der Waals surface area contributed by atoms with Crippen LogP contribution in [0.5, 0.6) is 0 Å². The first-order valence-electron chi connectivity index (χ1n) is 6.92. The van der Waals surface area contributed by atoms with Gasteiger partial charge in [-0.25, -0.2) is 0 Å². The number of carbonyl (C=O) groups excluding carboxylic acids is 1. The van der Waals surface area contributed by atoms with Gasteiger partial charge in [-0.05, 0) is 18.9 Å². The van der Waals surface area contributed by atoms with Crippen molar-refractivity contribution in [2.45, 2.75) is 19.4 Å². The van der Waals surface area contributed by atoms with E-state index < -0.39 is 0 Å². The highest BCUT2D eigenvalue weighted by Crippen LogP contribution is 2.04. The molecule has 1 aromatic rings. The third-order valence-electron chi connectivity index (χ3n) is 3.38. The van der Waals surface area contributed by atoms with Crippen molar-refractivity contribution < 1.29 is 9.53 Å². The monoisotopic (exact) mass is 262 g/mol. The van der Waals surface area contributed by atoms with Gasteiger partial charge in [-0.15, -0.1) is 0 Å². The van der Waals surface area contributed by atoms with Crippen molar-refractivity contribution in [1.29, 1.82) is 0 Å². The lowest BCUT2D eigenvalue weighted by Crippen LogP contribution is -2.49. The smallest absolute Gasteiger partial charge is 0.251 e. The van der Waals surface area contributed by atoms with E-state index in [-0.39, 0.29) is 12.0 Å². The summed E-state index contributed by atoms with van der Waals surface area (Å²) in [6.45, 7) is 5.75. The summed E-state index contributed by atoms with van der Waals surface area (Å²) in [7, 11) is 0. The minimum absolute atomic E-state index is 0.106. The van der Waals surface area contributed by atoms with Crippen LogP contribution in [0, 0.1) is 0 Å². The van der Waals surface area contributed by atoms with Gasteiger partial charge >= 0.3 is 0 Å². The number of rotatable bonds is 5. The van der Waals surface area contributed by atoms with Gasteiger partial charge in [0.1, 0.15) is 6.10 Å². The Morgan fingerprint density at radius 3 is 2.68 bits per heavy atom. The lowest BCUT2D eigenvalue weighted by atomic mass is 10.2. The van der Waals surface area contributed by atoms with Gasteiger partial charge in [-0.2, -0.15) is 0 Å². The molecule has 0 radical (unpaired) electrons. The van der Waals surface area contributed by atoms with Gasteiger partial charge in [0.05, 0.1) is 6.61 Å². The molecule has 1 N–H and O–H groups in total. The van der Waals surface area contributed by atoms with E-state index in [0.717, 1.165) is 32.6 Å². The molecule has 1 aromatic carbocycles. The number of amides is 1. The van der Waals surface area contributed by atoms with Gasteiger partial charge in [0, 0.05) is 26.2 Å². The zero-order valence-electron chi connectivity index (χ0n) is 11.5. The molecule has 104 valence electrons. The summed E-state index contributed by atoms with van der Waals surface area (Å²) in [5, 5.41) is 3.24. The van der Waals surface area contributed by atoms with Crippen LogP contribution in [0.4, 0.5) is 0 Å². The zero-order chi connectivity index (χ0) is 13.5. The Labute approximate surface area is 114 Å². The van der Waals surface area contributed by atoms with Crippen LogP contribution in [0.15, 0.2) is 30.3 Å². The fourth-order valence-corrected chi connectivity index (χ4v) is 2.21. The van der Waals surface area contributed by atoms with Crippen molar-refractivity contribution in [2.24, 2.45) is 0 Å². The van der Waals surface area contributed by atoms with E-state index >= 15 is 0 Å². The van der Waals surface area contributed by atoms with Crippen molar-refractivity contribution in [3.63, 3.8) is 0 Å². The standard InChI is InChI=1S/C15H22N2O2/c1-13(15(18)17-10-8-16-9-11-17)19-12-7-14-5-3-2-4-6-14/h2-6,13,16H,7-12H2,1H3. The molecule has 1 fully saturated rings. The van der Waals surface area contributed by atoms with Crippen molar-refractivity contribution in [1.82, 2.24) is 10.2 Å². The first-order valence-corrected chi connectivity index (χ1v) is 6.92. The Hall–Kier alpha value is -1.39. The molecule has 0 aromatic heterocycles. The number of piperazine rings is 1. The van der Waals surface area contributed by atoms with Gasteiger partial charge in [-0.3, -0.25) is 4.79 Å². The number of benzene rings is 1. The van der Waals surface area contributed by atoms with Crippen LogP contribution in [0.1, 0.15) is 12.5 Å². The summed E-state index contributed by atoms with van der Waals surface area (Å²) in [5.41, 5.74) is 1.24. The quantitative estimate of drug-likeness (QED) is 0.863. The van der Waals surface area contributed by atoms with Crippen LogP contribution in [-0.2, 0) is 16.0 Å². The van der Waals surface area contributed by atoms with Gasteiger partial charge in [0.25, 0.3) is 5.91 Å². The Bertz CT molecular complexity index is 388. The number of hydrogen-bond acceptors (Lipinski definition) is 3. The minimum atomic E-state index is -0.346. The maximum absolute atomic E-state index is 12.1. The van der Waals surface area contributed by atoms with Crippen LogP contribution >= 0.6 is 0 Å². The predicted molar refractivity (Wildman–Crippen MR) is 75.0 cm³/mol. The molecule has 2 rings (SSSR count). The summed E-state index contributed by atoms with van der Waals surface area (Å²) in [5.74, 6) is 0.106. The van der Waals surface area contributed by atoms with E-state index in [1.54, 1.807) is 0 Å². The summed E-state index contributed by atoms with van der Waals surface area (Å²) >= 11 is 0. The molecule has 0 aliphatic carbocycles. The van der Waals surface area contributed by atoms with Crippen LogP contribution in [0.2, 0.25) is 0 Å². The first-order chi connectivity index (χ1) is 9.27. The van der Waals surface area contributed by atoms with Gasteiger partial charge in [-0.1, -0.05) is 30.3 Å². The van der Waals surface area contributed by atoms with E-state index in [4.69, 9.17) is 4.74 Å². The molecular weight excluding hydrogens is 240 g/mol. The number of nitrogens with zero attached hydrogens (tertiary/aromatic N) is 1. The van der Waals surface area contributed by atoms with E-state index in [9.17, 15) is 4.79 Å². The molecule has 0 spiro atoms. The molecule has 1 aliphatic heterocycles. The number of nitrogens with one attached hydrogen (secondary N) is 1. The normalized spacial score (nSPS) is 17.2. The molecule has 1 atom stereocenters. The summed E-state index contributed by atoms with van der Waals surface area (Å²) in [4.78, 5) is 14.0. The third kappa shape index (κ3) is 4.33. The summed E-state index contributed by atoms with van der Waals surface area (Å²) in [6, 6.07) is 10.2. The Balaban J connectivity index is 1.71. The Kier molecular flexibility index (Phi) is 5.36. The van der Waals surface area contributed by atoms with Crippen LogP contribution in [0.25, 0.3) is 0 Å². The molecule has 0 saturated carbocycles. The Morgan fingerprint density at radius 2 is 2.00 bits per heavy atom. The maximum atomic E-state index is 12.1. The topological polar surface area (TPSA) is 41.6 Å². The van der Waals surface area contributed by atoms with E-state index in [0.29, 0.717) is 6.61 Å². The summed E-state index contributed by atoms with van der Waals surface area (Å²) in [6.07, 6.45) is 0.502. The van der Waals surface area contributed by atoms with Crippen molar-refractivity contribution in [2.75, 3.05) is 32.8 Å². The molecule has 19 heavy (non-hydrogen) atoms. The fraction of sp³-hybridized carbons (Fsp3) is 0.533. The number of ether oxygens (including phenoxy) is 1. The SMILES string of the molecule is CC(OCCc1ccccc1)C(=O)N1CCNCC1. The molecule has 4 heteroatoms. The summed E-state index contributed by atoms with van der Waals surface area (Å²) < 4.78 is 5.65. The third-order valence-corrected chi connectivity index (χ3v) is 3.38. The molecule has 0 bridgehead atoms. The van der Waals surface area contributed by atoms with Gasteiger partial charge < -0.3 is 15.0 Å². The maximum Gasteiger partial charge on any atom is 0.251 e. The largest absolute Gasteiger partial charge is 0.368 e. The minimum Gasteiger partial charge on any atom is -0.368 e. The molecule has 1 unspecified atom stereocenters. The van der Waals surface area contributed by atoms with E-state index in [1.807, 2.05) is 30.0 Å². The van der Waals surface area contributed by atoms with Crippen molar-refractivity contribution in [3.8, 4) is 0 Å². The predicted octanol–water partition coefficient (Wildman–Crippen LogP) is 1.07. The van der Waals surface area contributed by atoms with Crippen molar-refractivity contribution in [3.05, 3.63) is 35.9 Å². The molecule has 1 heterocycles. The van der Waals surface area contributed by atoms with Crippen LogP contribution < -0.4 is 5.32 Å². The lowest BCUT2D eigenvalue weighted by Gasteiger charge is -2.29. The number of hydrogen-bond donors (Lipinski definition) is 1. The molecule has 4 nitrogen and oxygen atoms in total. The van der Waals surface area contributed by atoms with Crippen molar-refractivity contribution >= 4 is 5.91 Å². The van der Waals surface area contributed by atoms with E-state index in [1.165, 1.54) is 5.56 Å². The second-order valence-electron chi connectivity index (χ2n) is 4.82. The average molecular weight is 262 g/mol. The number of carbonyl (C=O) groups is 1. The molecule has 1 amide bonds. The average Bonchev–Trinajstić information content (AvgIpc) is 2.48. The highest BCUT2D eigenvalue weighted by Gasteiger charge is 2.22. The second-order valence-corrected chi connectivity index (χ2v) is 4.82. The fourth-order valence-electron chi connectivity index (χ4n) is 2.21. The van der Waals surface area contributed by atoms with Gasteiger partial charge in [0.2, 0.25) is 0 Å². The molecule has 1 aliphatic rings. The van der Waals surface area contributed by atoms with Gasteiger partial charge in [0.15, 0.2) is 0 Å². The zero-order valence-corrected chi connectivity index (χ0v) is 11.5.